The van der Waals surface area contributed by atoms with Crippen molar-refractivity contribution in [2.45, 2.75) is 33.4 Å². The van der Waals surface area contributed by atoms with Crippen LogP contribution in [-0.2, 0) is 6.54 Å². The van der Waals surface area contributed by atoms with Crippen molar-refractivity contribution in [3.8, 4) is 10.6 Å². The van der Waals surface area contributed by atoms with E-state index in [1.54, 1.807) is 13.0 Å². The van der Waals surface area contributed by atoms with Gasteiger partial charge in [0.25, 0.3) is 0 Å². The van der Waals surface area contributed by atoms with Gasteiger partial charge in [0.1, 0.15) is 15.8 Å². The fourth-order valence-corrected chi connectivity index (χ4v) is 2.25. The van der Waals surface area contributed by atoms with E-state index < -0.39 is 0 Å². The molecule has 5 heteroatoms. The van der Waals surface area contributed by atoms with E-state index in [1.807, 2.05) is 6.07 Å². The lowest BCUT2D eigenvalue weighted by Gasteiger charge is -2.03. The molecule has 1 heterocycles. The molecule has 2 rings (SSSR count). The van der Waals surface area contributed by atoms with Crippen LogP contribution in [0.2, 0.25) is 0 Å². The zero-order chi connectivity index (χ0) is 13.1. The van der Waals surface area contributed by atoms with Gasteiger partial charge in [-0.15, -0.1) is 10.2 Å². The van der Waals surface area contributed by atoms with Crippen LogP contribution in [-0.4, -0.2) is 16.2 Å². The lowest BCUT2D eigenvalue weighted by molar-refractivity contribution is 0.585. The standard InChI is InChI=1S/C13H16FN3S/c1-8(2)15-7-12-16-17-13(18-12)10-5-4-9(3)11(14)6-10/h4-6,8,15H,7H2,1-3H3. The smallest absolute Gasteiger partial charge is 0.147 e. The van der Waals surface area contributed by atoms with E-state index in [2.05, 4.69) is 29.4 Å². The van der Waals surface area contributed by atoms with Crippen molar-refractivity contribution in [2.24, 2.45) is 0 Å². The second kappa shape index (κ2) is 5.54. The van der Waals surface area contributed by atoms with Crippen LogP contribution >= 0.6 is 11.3 Å². The Balaban J connectivity index is 2.16. The van der Waals surface area contributed by atoms with Crippen LogP contribution in [0.15, 0.2) is 18.2 Å². The number of aromatic nitrogens is 2. The molecule has 0 aliphatic heterocycles. The molecule has 0 aliphatic carbocycles. The van der Waals surface area contributed by atoms with Crippen LogP contribution in [0.3, 0.4) is 0 Å². The van der Waals surface area contributed by atoms with E-state index in [9.17, 15) is 4.39 Å². The molecule has 96 valence electrons. The highest BCUT2D eigenvalue weighted by Gasteiger charge is 2.08. The summed E-state index contributed by atoms with van der Waals surface area (Å²) in [6, 6.07) is 5.56. The predicted octanol–water partition coefficient (Wildman–Crippen LogP) is 3.15. The second-order valence-corrected chi connectivity index (χ2v) is 5.56. The molecule has 2 aromatic rings. The normalized spacial score (nSPS) is 11.2. The van der Waals surface area contributed by atoms with Gasteiger partial charge in [-0.25, -0.2) is 4.39 Å². The maximum atomic E-state index is 13.5. The Morgan fingerprint density at radius 2 is 2.11 bits per heavy atom. The van der Waals surface area contributed by atoms with E-state index >= 15 is 0 Å². The average molecular weight is 265 g/mol. The fourth-order valence-electron chi connectivity index (χ4n) is 1.46. The molecular weight excluding hydrogens is 249 g/mol. The van der Waals surface area contributed by atoms with Gasteiger partial charge in [-0.05, 0) is 18.6 Å². The highest BCUT2D eigenvalue weighted by Crippen LogP contribution is 2.25. The lowest BCUT2D eigenvalue weighted by atomic mass is 10.1. The first-order chi connectivity index (χ1) is 8.56. The molecule has 1 N–H and O–H groups in total. The zero-order valence-corrected chi connectivity index (χ0v) is 11.5. The van der Waals surface area contributed by atoms with Gasteiger partial charge in [0, 0.05) is 18.2 Å². The number of halogens is 1. The number of rotatable bonds is 4. The number of nitrogens with one attached hydrogen (secondary N) is 1. The maximum Gasteiger partial charge on any atom is 0.147 e. The molecule has 3 nitrogen and oxygen atoms in total. The minimum atomic E-state index is -0.204. The molecule has 1 aromatic carbocycles. The molecule has 0 radical (unpaired) electrons. The van der Waals surface area contributed by atoms with Crippen molar-refractivity contribution in [1.29, 1.82) is 0 Å². The Morgan fingerprint density at radius 1 is 1.33 bits per heavy atom. The highest BCUT2D eigenvalue weighted by atomic mass is 32.1. The second-order valence-electron chi connectivity index (χ2n) is 4.50. The summed E-state index contributed by atoms with van der Waals surface area (Å²) in [5.41, 5.74) is 1.43. The molecule has 0 saturated carbocycles. The molecule has 0 saturated heterocycles. The molecule has 0 fully saturated rings. The largest absolute Gasteiger partial charge is 0.308 e. The lowest BCUT2D eigenvalue weighted by Crippen LogP contribution is -2.21. The van der Waals surface area contributed by atoms with Crippen LogP contribution in [0.1, 0.15) is 24.4 Å². The number of aryl methyl sites for hydroxylation is 1. The molecular formula is C13H16FN3S. The topological polar surface area (TPSA) is 37.8 Å². The third-order valence-electron chi connectivity index (χ3n) is 2.55. The van der Waals surface area contributed by atoms with Crippen LogP contribution in [0, 0.1) is 12.7 Å². The molecule has 1 aromatic heterocycles. The van der Waals surface area contributed by atoms with E-state index in [-0.39, 0.29) is 5.82 Å². The Bertz CT molecular complexity index is 537. The summed E-state index contributed by atoms with van der Waals surface area (Å²) in [6.07, 6.45) is 0. The summed E-state index contributed by atoms with van der Waals surface area (Å²) in [4.78, 5) is 0. The van der Waals surface area contributed by atoms with Crippen molar-refractivity contribution < 1.29 is 4.39 Å². The van der Waals surface area contributed by atoms with Gasteiger partial charge in [-0.1, -0.05) is 37.3 Å². The Labute approximate surface area is 110 Å². The molecule has 0 unspecified atom stereocenters. The minimum Gasteiger partial charge on any atom is -0.308 e. The summed E-state index contributed by atoms with van der Waals surface area (Å²) < 4.78 is 13.5. The monoisotopic (exact) mass is 265 g/mol. The average Bonchev–Trinajstić information content (AvgIpc) is 2.79. The van der Waals surface area contributed by atoms with Crippen LogP contribution in [0.4, 0.5) is 4.39 Å². The maximum absolute atomic E-state index is 13.5. The first kappa shape index (κ1) is 13.1. The van der Waals surface area contributed by atoms with Crippen LogP contribution < -0.4 is 5.32 Å². The quantitative estimate of drug-likeness (QED) is 0.922. The predicted molar refractivity (Wildman–Crippen MR) is 72.0 cm³/mol. The zero-order valence-electron chi connectivity index (χ0n) is 10.7. The fraction of sp³-hybridized carbons (Fsp3) is 0.385. The Kier molecular flexibility index (Phi) is 4.04. The summed E-state index contributed by atoms with van der Waals surface area (Å²) in [5, 5.41) is 13.2. The van der Waals surface area contributed by atoms with E-state index in [4.69, 9.17) is 0 Å². The molecule has 0 spiro atoms. The van der Waals surface area contributed by atoms with E-state index in [0.717, 1.165) is 15.6 Å². The van der Waals surface area contributed by atoms with Gasteiger partial charge < -0.3 is 5.32 Å². The highest BCUT2D eigenvalue weighted by molar-refractivity contribution is 7.14. The number of nitrogens with zero attached hydrogens (tertiary/aromatic N) is 2. The molecule has 18 heavy (non-hydrogen) atoms. The van der Waals surface area contributed by atoms with Gasteiger partial charge >= 0.3 is 0 Å². The number of benzene rings is 1. The molecule has 0 atom stereocenters. The van der Waals surface area contributed by atoms with Gasteiger partial charge in [-0.2, -0.15) is 0 Å². The summed E-state index contributed by atoms with van der Waals surface area (Å²) in [6.45, 7) is 6.61. The van der Waals surface area contributed by atoms with Crippen molar-refractivity contribution in [1.82, 2.24) is 15.5 Å². The Hall–Kier alpha value is -1.33. The first-order valence-electron chi connectivity index (χ1n) is 5.88. The van der Waals surface area contributed by atoms with Crippen molar-refractivity contribution in [3.05, 3.63) is 34.6 Å². The summed E-state index contributed by atoms with van der Waals surface area (Å²) in [5.74, 6) is -0.204. The van der Waals surface area contributed by atoms with Crippen molar-refractivity contribution in [3.63, 3.8) is 0 Å². The molecule has 0 aliphatic rings. The number of hydrogen-bond donors (Lipinski definition) is 1. The van der Waals surface area contributed by atoms with Gasteiger partial charge in [0.05, 0.1) is 0 Å². The van der Waals surface area contributed by atoms with Crippen LogP contribution in [0.25, 0.3) is 10.6 Å². The van der Waals surface area contributed by atoms with Gasteiger partial charge in [0.15, 0.2) is 0 Å². The van der Waals surface area contributed by atoms with Gasteiger partial charge in [0.2, 0.25) is 0 Å². The number of hydrogen-bond acceptors (Lipinski definition) is 4. The summed E-state index contributed by atoms with van der Waals surface area (Å²) in [7, 11) is 0. The van der Waals surface area contributed by atoms with Crippen molar-refractivity contribution in [2.75, 3.05) is 0 Å². The molecule has 0 amide bonds. The third kappa shape index (κ3) is 3.11. The van der Waals surface area contributed by atoms with Crippen LogP contribution in [0.5, 0.6) is 0 Å². The summed E-state index contributed by atoms with van der Waals surface area (Å²) >= 11 is 1.49. The third-order valence-corrected chi connectivity index (χ3v) is 3.52. The Morgan fingerprint density at radius 3 is 2.78 bits per heavy atom. The first-order valence-corrected chi connectivity index (χ1v) is 6.70. The SMILES string of the molecule is Cc1ccc(-c2nnc(CNC(C)C)s2)cc1F. The van der Waals surface area contributed by atoms with Gasteiger partial charge in [-0.3, -0.25) is 0 Å². The van der Waals surface area contributed by atoms with E-state index in [1.165, 1.54) is 17.4 Å². The van der Waals surface area contributed by atoms with E-state index in [0.29, 0.717) is 18.2 Å². The van der Waals surface area contributed by atoms with Crippen molar-refractivity contribution >= 4 is 11.3 Å². The molecule has 0 bridgehead atoms. The minimum absolute atomic E-state index is 0.204.